The highest BCUT2D eigenvalue weighted by atomic mass is 127. The van der Waals surface area contributed by atoms with Crippen molar-refractivity contribution >= 4 is 28.5 Å². The van der Waals surface area contributed by atoms with E-state index >= 15 is 0 Å². The summed E-state index contributed by atoms with van der Waals surface area (Å²) in [5.41, 5.74) is 1.70. The third-order valence-electron chi connectivity index (χ3n) is 4.75. The Hall–Kier alpha value is -1.87. The number of ether oxygens (including phenoxy) is 2. The van der Waals surface area contributed by atoms with Gasteiger partial charge in [0.15, 0.2) is 11.5 Å². The maximum absolute atomic E-state index is 12.7. The molecule has 1 aliphatic rings. The van der Waals surface area contributed by atoms with Crippen LogP contribution in [-0.4, -0.2) is 49.1 Å². The van der Waals surface area contributed by atoms with Crippen molar-refractivity contribution in [3.05, 3.63) is 51.4 Å². The number of hydrogen-bond acceptors (Lipinski definition) is 5. The summed E-state index contributed by atoms with van der Waals surface area (Å²) in [6.45, 7) is 2.75. The Balaban J connectivity index is 1.56. The third-order valence-corrected chi connectivity index (χ3v) is 5.64. The minimum Gasteiger partial charge on any atom is -0.493 e. The Kier molecular flexibility index (Phi) is 6.89. The monoisotopic (exact) mass is 481 g/mol. The Morgan fingerprint density at radius 1 is 1.22 bits per heavy atom. The molecule has 0 atom stereocenters. The van der Waals surface area contributed by atoms with Crippen LogP contribution in [0.4, 0.5) is 0 Å². The predicted octanol–water partition coefficient (Wildman–Crippen LogP) is 3.10. The number of nitrogens with one attached hydrogen (secondary N) is 1. The van der Waals surface area contributed by atoms with Gasteiger partial charge in [-0.25, -0.2) is 0 Å². The van der Waals surface area contributed by atoms with Crippen molar-refractivity contribution in [2.45, 2.75) is 25.4 Å². The Bertz CT molecular complexity index is 778. The molecule has 3 rings (SSSR count). The minimum atomic E-state index is -0.0662. The third kappa shape index (κ3) is 5.10. The Labute approximate surface area is 173 Å². The number of amides is 1. The molecule has 0 aliphatic carbocycles. The van der Waals surface area contributed by atoms with Crippen LogP contribution in [0.3, 0.4) is 0 Å². The lowest BCUT2D eigenvalue weighted by Crippen LogP contribution is -2.44. The van der Waals surface area contributed by atoms with Crippen LogP contribution in [0.25, 0.3) is 0 Å². The molecule has 1 aromatic heterocycles. The molecule has 1 amide bonds. The molecule has 6 nitrogen and oxygen atoms in total. The molecule has 7 heteroatoms. The van der Waals surface area contributed by atoms with E-state index in [0.29, 0.717) is 17.1 Å². The number of methoxy groups -OCH3 is 2. The summed E-state index contributed by atoms with van der Waals surface area (Å²) in [5.74, 6) is 1.12. The fraction of sp³-hybridized carbons (Fsp3) is 0.400. The highest BCUT2D eigenvalue weighted by Gasteiger charge is 2.23. The highest BCUT2D eigenvalue weighted by Crippen LogP contribution is 2.31. The van der Waals surface area contributed by atoms with E-state index in [1.54, 1.807) is 20.3 Å². The average molecular weight is 481 g/mol. The van der Waals surface area contributed by atoms with Crippen molar-refractivity contribution < 1.29 is 14.3 Å². The predicted molar refractivity (Wildman–Crippen MR) is 112 cm³/mol. The molecule has 0 unspecified atom stereocenters. The maximum Gasteiger partial charge on any atom is 0.252 e. The lowest BCUT2D eigenvalue weighted by atomic mass is 10.0. The molecule has 1 aliphatic heterocycles. The van der Waals surface area contributed by atoms with Crippen molar-refractivity contribution in [3.63, 3.8) is 0 Å². The molecule has 0 saturated carbocycles. The molecule has 0 bridgehead atoms. The molecule has 1 aromatic carbocycles. The van der Waals surface area contributed by atoms with Crippen LogP contribution in [0.15, 0.2) is 36.5 Å². The van der Waals surface area contributed by atoms with Gasteiger partial charge in [0.1, 0.15) is 0 Å². The molecule has 1 N–H and O–H groups in total. The van der Waals surface area contributed by atoms with Gasteiger partial charge in [-0.2, -0.15) is 0 Å². The summed E-state index contributed by atoms with van der Waals surface area (Å²) in [6, 6.07) is 9.74. The smallest absolute Gasteiger partial charge is 0.252 e. The Morgan fingerprint density at radius 3 is 2.56 bits per heavy atom. The number of nitrogens with zero attached hydrogens (tertiary/aromatic N) is 2. The van der Waals surface area contributed by atoms with Gasteiger partial charge in [0.05, 0.1) is 25.5 Å². The molecule has 27 heavy (non-hydrogen) atoms. The van der Waals surface area contributed by atoms with Crippen LogP contribution in [-0.2, 0) is 6.54 Å². The number of pyridine rings is 1. The molecule has 1 fully saturated rings. The first kappa shape index (κ1) is 19.9. The van der Waals surface area contributed by atoms with Crippen molar-refractivity contribution in [3.8, 4) is 11.5 Å². The maximum atomic E-state index is 12.7. The first-order valence-corrected chi connectivity index (χ1v) is 10.0. The van der Waals surface area contributed by atoms with E-state index in [4.69, 9.17) is 9.47 Å². The standard InChI is InChI=1S/C20H24IN3O3/c1-26-18-11-16(17(21)12-19(18)27-2)20(25)23-14-6-9-24(10-7-14)13-15-5-3-4-8-22-15/h3-5,8,11-12,14H,6-7,9-10,13H2,1-2H3,(H,23,25). The average Bonchev–Trinajstić information content (AvgIpc) is 2.70. The second-order valence-electron chi connectivity index (χ2n) is 6.53. The Morgan fingerprint density at radius 2 is 1.93 bits per heavy atom. The zero-order valence-electron chi connectivity index (χ0n) is 15.6. The van der Waals surface area contributed by atoms with E-state index in [0.717, 1.165) is 41.7 Å². The molecule has 2 aromatic rings. The normalized spacial score (nSPS) is 15.4. The lowest BCUT2D eigenvalue weighted by molar-refractivity contribution is 0.0907. The van der Waals surface area contributed by atoms with Crippen molar-refractivity contribution in [1.82, 2.24) is 15.2 Å². The second-order valence-corrected chi connectivity index (χ2v) is 7.69. The first-order valence-electron chi connectivity index (χ1n) is 8.95. The van der Waals surface area contributed by atoms with Gasteiger partial charge in [-0.1, -0.05) is 6.07 Å². The number of benzene rings is 1. The molecule has 144 valence electrons. The van der Waals surface area contributed by atoms with Gasteiger partial charge in [0, 0.05) is 35.4 Å². The number of carbonyl (C=O) groups is 1. The first-order chi connectivity index (χ1) is 13.1. The zero-order valence-corrected chi connectivity index (χ0v) is 17.7. The number of piperidine rings is 1. The SMILES string of the molecule is COc1cc(I)c(C(=O)NC2CCN(Cc3ccccn3)CC2)cc1OC. The van der Waals surface area contributed by atoms with Crippen LogP contribution in [0, 0.1) is 3.57 Å². The summed E-state index contributed by atoms with van der Waals surface area (Å²) in [5, 5.41) is 3.17. The van der Waals surface area contributed by atoms with Crippen LogP contribution in [0.2, 0.25) is 0 Å². The van der Waals surface area contributed by atoms with E-state index in [1.807, 2.05) is 30.5 Å². The molecular weight excluding hydrogens is 457 g/mol. The molecule has 0 radical (unpaired) electrons. The number of aromatic nitrogens is 1. The van der Waals surface area contributed by atoms with Crippen LogP contribution in [0.5, 0.6) is 11.5 Å². The number of rotatable bonds is 6. The fourth-order valence-corrected chi connectivity index (χ4v) is 3.93. The second kappa shape index (κ2) is 9.36. The van der Waals surface area contributed by atoms with Gasteiger partial charge in [0.2, 0.25) is 0 Å². The lowest BCUT2D eigenvalue weighted by Gasteiger charge is -2.32. The minimum absolute atomic E-state index is 0.0662. The van der Waals surface area contributed by atoms with Crippen molar-refractivity contribution in [2.75, 3.05) is 27.3 Å². The number of carbonyl (C=O) groups excluding carboxylic acids is 1. The van der Waals surface area contributed by atoms with Crippen LogP contribution in [0.1, 0.15) is 28.9 Å². The van der Waals surface area contributed by atoms with Crippen molar-refractivity contribution in [1.29, 1.82) is 0 Å². The summed E-state index contributed by atoms with van der Waals surface area (Å²) in [6.07, 6.45) is 3.69. The molecule has 0 spiro atoms. The molecular formula is C20H24IN3O3. The number of halogens is 1. The van der Waals surface area contributed by atoms with Crippen molar-refractivity contribution in [2.24, 2.45) is 0 Å². The van der Waals surface area contributed by atoms with Crippen LogP contribution >= 0.6 is 22.6 Å². The zero-order chi connectivity index (χ0) is 19.2. The summed E-state index contributed by atoms with van der Waals surface area (Å²) >= 11 is 2.16. The fourth-order valence-electron chi connectivity index (χ4n) is 3.25. The summed E-state index contributed by atoms with van der Waals surface area (Å²) in [7, 11) is 3.16. The number of hydrogen-bond donors (Lipinski definition) is 1. The topological polar surface area (TPSA) is 63.7 Å². The quantitative estimate of drug-likeness (QED) is 0.643. The van der Waals surface area contributed by atoms with Crippen LogP contribution < -0.4 is 14.8 Å². The van der Waals surface area contributed by atoms with Gasteiger partial charge < -0.3 is 14.8 Å². The van der Waals surface area contributed by atoms with E-state index in [-0.39, 0.29) is 11.9 Å². The van der Waals surface area contributed by atoms with E-state index < -0.39 is 0 Å². The molecule has 2 heterocycles. The number of likely N-dealkylation sites (tertiary alicyclic amines) is 1. The van der Waals surface area contributed by atoms with Gasteiger partial charge >= 0.3 is 0 Å². The van der Waals surface area contributed by atoms with E-state index in [2.05, 4.69) is 37.8 Å². The summed E-state index contributed by atoms with van der Waals surface area (Å²) < 4.78 is 11.5. The molecule has 1 saturated heterocycles. The van der Waals surface area contributed by atoms with E-state index in [9.17, 15) is 4.79 Å². The largest absolute Gasteiger partial charge is 0.493 e. The van der Waals surface area contributed by atoms with E-state index in [1.165, 1.54) is 0 Å². The summed E-state index contributed by atoms with van der Waals surface area (Å²) in [4.78, 5) is 19.5. The van der Waals surface area contributed by atoms with Gasteiger partial charge in [-0.05, 0) is 59.7 Å². The van der Waals surface area contributed by atoms with Gasteiger partial charge in [0.25, 0.3) is 5.91 Å². The van der Waals surface area contributed by atoms with Gasteiger partial charge in [-0.15, -0.1) is 0 Å². The highest BCUT2D eigenvalue weighted by molar-refractivity contribution is 14.1. The van der Waals surface area contributed by atoms with Gasteiger partial charge in [-0.3, -0.25) is 14.7 Å².